The number of hydrogen-bond donors (Lipinski definition) is 2. The number of rotatable bonds is 5. The highest BCUT2D eigenvalue weighted by molar-refractivity contribution is 5.79. The molecule has 0 aliphatic rings. The summed E-state index contributed by atoms with van der Waals surface area (Å²) in [5, 5.41) is 2.93. The van der Waals surface area contributed by atoms with Crippen molar-refractivity contribution >= 4 is 12.0 Å². The van der Waals surface area contributed by atoms with Gasteiger partial charge in [0.2, 0.25) is 5.91 Å². The maximum atomic E-state index is 12.6. The van der Waals surface area contributed by atoms with Crippen LogP contribution in [0.3, 0.4) is 0 Å². The van der Waals surface area contributed by atoms with E-state index in [4.69, 9.17) is 5.73 Å². The minimum Gasteiger partial charge on any atom is -0.368 e. The number of benzene rings is 1. The summed E-state index contributed by atoms with van der Waals surface area (Å²) < 4.78 is 12.6. The van der Waals surface area contributed by atoms with E-state index in [1.807, 2.05) is 12.2 Å². The Balaban J connectivity index is 2.37. The van der Waals surface area contributed by atoms with E-state index in [0.29, 0.717) is 6.54 Å². The third-order valence-corrected chi connectivity index (χ3v) is 2.15. The Morgan fingerprint density at radius 1 is 1.50 bits per heavy atom. The zero-order valence-corrected chi connectivity index (χ0v) is 9.11. The predicted octanol–water partition coefficient (Wildman–Crippen LogP) is 1.30. The Kier molecular flexibility index (Phi) is 4.66. The van der Waals surface area contributed by atoms with Gasteiger partial charge in [-0.2, -0.15) is 0 Å². The number of hydrogen-bond acceptors (Lipinski definition) is 2. The van der Waals surface area contributed by atoms with Gasteiger partial charge in [-0.3, -0.25) is 4.79 Å². The highest BCUT2D eigenvalue weighted by Gasteiger charge is 2.04. The second-order valence-electron chi connectivity index (χ2n) is 3.49. The van der Waals surface area contributed by atoms with Gasteiger partial charge in [-0.1, -0.05) is 24.3 Å². The molecule has 0 spiro atoms. The molecule has 3 N–H and O–H groups in total. The quantitative estimate of drug-likeness (QED) is 0.789. The smallest absolute Gasteiger partial charge is 0.234 e. The molecular formula is C12H15FN2O. The lowest BCUT2D eigenvalue weighted by Crippen LogP contribution is -2.38. The van der Waals surface area contributed by atoms with Crippen LogP contribution in [0.4, 0.5) is 4.39 Å². The number of amides is 1. The Morgan fingerprint density at radius 2 is 2.12 bits per heavy atom. The minimum atomic E-state index is -0.379. The van der Waals surface area contributed by atoms with Crippen molar-refractivity contribution in [3.8, 4) is 0 Å². The van der Waals surface area contributed by atoms with Crippen LogP contribution >= 0.6 is 0 Å². The third-order valence-electron chi connectivity index (χ3n) is 2.15. The molecule has 1 rings (SSSR count). The zero-order chi connectivity index (χ0) is 12.0. The fourth-order valence-electron chi connectivity index (χ4n) is 1.11. The Bertz CT molecular complexity index is 373. The third kappa shape index (κ3) is 4.23. The van der Waals surface area contributed by atoms with Gasteiger partial charge in [0.1, 0.15) is 5.82 Å². The van der Waals surface area contributed by atoms with Crippen molar-refractivity contribution in [3.63, 3.8) is 0 Å². The van der Waals surface area contributed by atoms with Crippen molar-refractivity contribution in [2.24, 2.45) is 5.73 Å². The number of halogens is 1. The summed E-state index contributed by atoms with van der Waals surface area (Å²) in [4.78, 5) is 10.7. The summed E-state index contributed by atoms with van der Waals surface area (Å²) >= 11 is 0. The molecule has 0 heterocycles. The molecule has 1 unspecified atom stereocenters. The Hall–Kier alpha value is -1.68. The highest BCUT2D eigenvalue weighted by atomic mass is 19.1. The molecule has 0 fully saturated rings. The number of carbonyl (C=O) groups is 1. The predicted molar refractivity (Wildman–Crippen MR) is 62.1 cm³/mol. The van der Waals surface area contributed by atoms with Crippen LogP contribution in [0.5, 0.6) is 0 Å². The van der Waals surface area contributed by atoms with Crippen LogP contribution in [0.15, 0.2) is 30.3 Å². The van der Waals surface area contributed by atoms with Crippen LogP contribution in [0, 0.1) is 5.82 Å². The minimum absolute atomic E-state index is 0.252. The fourth-order valence-corrected chi connectivity index (χ4v) is 1.11. The lowest BCUT2D eigenvalue weighted by Gasteiger charge is -2.06. The molecule has 3 nitrogen and oxygen atoms in total. The van der Waals surface area contributed by atoms with Crippen molar-refractivity contribution in [2.75, 3.05) is 6.54 Å². The molecule has 1 atom stereocenters. The highest BCUT2D eigenvalue weighted by Crippen LogP contribution is 2.03. The molecular weight excluding hydrogens is 207 g/mol. The molecule has 86 valence electrons. The molecule has 4 heteroatoms. The molecule has 0 radical (unpaired) electrons. The van der Waals surface area contributed by atoms with Crippen molar-refractivity contribution < 1.29 is 9.18 Å². The molecule has 1 aromatic carbocycles. The first-order chi connectivity index (χ1) is 7.59. The molecule has 1 amide bonds. The van der Waals surface area contributed by atoms with Gasteiger partial charge in [0.15, 0.2) is 0 Å². The van der Waals surface area contributed by atoms with E-state index >= 15 is 0 Å². The first-order valence-corrected chi connectivity index (χ1v) is 5.04. The summed E-state index contributed by atoms with van der Waals surface area (Å²) in [6.07, 6.45) is 3.70. The maximum absolute atomic E-state index is 12.6. The van der Waals surface area contributed by atoms with Gasteiger partial charge in [-0.15, -0.1) is 0 Å². The second-order valence-corrected chi connectivity index (χ2v) is 3.49. The van der Waals surface area contributed by atoms with Crippen molar-refractivity contribution in [2.45, 2.75) is 13.0 Å². The van der Waals surface area contributed by atoms with Gasteiger partial charge in [-0.25, -0.2) is 4.39 Å². The van der Waals surface area contributed by atoms with E-state index in [-0.39, 0.29) is 17.8 Å². The van der Waals surface area contributed by atoms with E-state index in [1.165, 1.54) is 12.1 Å². The van der Waals surface area contributed by atoms with E-state index in [1.54, 1.807) is 19.1 Å². The number of nitrogens with one attached hydrogen (secondary N) is 1. The van der Waals surface area contributed by atoms with Crippen molar-refractivity contribution in [1.82, 2.24) is 5.32 Å². The standard InChI is InChI=1S/C12H15FN2O/c1-9(12(14)16)15-8-2-3-10-4-6-11(13)7-5-10/h2-7,9,15H,8H2,1H3,(H2,14,16)/b3-2+. The van der Waals surface area contributed by atoms with Gasteiger partial charge in [0, 0.05) is 6.54 Å². The van der Waals surface area contributed by atoms with Gasteiger partial charge >= 0.3 is 0 Å². The largest absolute Gasteiger partial charge is 0.368 e. The summed E-state index contributed by atoms with van der Waals surface area (Å²) in [6.45, 7) is 2.25. The topological polar surface area (TPSA) is 55.1 Å². The van der Waals surface area contributed by atoms with E-state index < -0.39 is 0 Å². The van der Waals surface area contributed by atoms with Crippen LogP contribution < -0.4 is 11.1 Å². The summed E-state index contributed by atoms with van der Waals surface area (Å²) in [5.41, 5.74) is 5.99. The van der Waals surface area contributed by atoms with E-state index in [2.05, 4.69) is 5.32 Å². The van der Waals surface area contributed by atoms with Crippen LogP contribution in [-0.4, -0.2) is 18.5 Å². The molecule has 1 aromatic rings. The summed E-state index contributed by atoms with van der Waals surface area (Å²) in [5.74, 6) is -0.632. The van der Waals surface area contributed by atoms with Crippen molar-refractivity contribution in [3.05, 3.63) is 41.7 Å². The summed E-state index contributed by atoms with van der Waals surface area (Å²) in [6, 6.07) is 5.82. The number of primary amides is 1. The average molecular weight is 222 g/mol. The van der Waals surface area contributed by atoms with Crippen LogP contribution in [-0.2, 0) is 4.79 Å². The fraction of sp³-hybridized carbons (Fsp3) is 0.250. The number of carbonyl (C=O) groups excluding carboxylic acids is 1. The molecule has 0 saturated heterocycles. The second kappa shape index (κ2) is 6.02. The van der Waals surface area contributed by atoms with Gasteiger partial charge < -0.3 is 11.1 Å². The molecule has 0 aromatic heterocycles. The molecule has 16 heavy (non-hydrogen) atoms. The van der Waals surface area contributed by atoms with Gasteiger partial charge in [-0.05, 0) is 24.6 Å². The van der Waals surface area contributed by atoms with E-state index in [0.717, 1.165) is 5.56 Å². The van der Waals surface area contributed by atoms with Gasteiger partial charge in [0.25, 0.3) is 0 Å². The lowest BCUT2D eigenvalue weighted by molar-refractivity contribution is -0.119. The first-order valence-electron chi connectivity index (χ1n) is 5.04. The molecule has 0 aliphatic heterocycles. The van der Waals surface area contributed by atoms with Crippen LogP contribution in [0.25, 0.3) is 6.08 Å². The van der Waals surface area contributed by atoms with Crippen LogP contribution in [0.1, 0.15) is 12.5 Å². The maximum Gasteiger partial charge on any atom is 0.234 e. The molecule has 0 bridgehead atoms. The Morgan fingerprint density at radius 3 is 2.69 bits per heavy atom. The monoisotopic (exact) mass is 222 g/mol. The average Bonchev–Trinajstić information content (AvgIpc) is 2.26. The SMILES string of the molecule is CC(NC/C=C/c1ccc(F)cc1)C(N)=O. The normalized spacial score (nSPS) is 12.9. The number of nitrogens with two attached hydrogens (primary N) is 1. The molecule has 0 aliphatic carbocycles. The summed E-state index contributed by atoms with van der Waals surface area (Å²) in [7, 11) is 0. The van der Waals surface area contributed by atoms with E-state index in [9.17, 15) is 9.18 Å². The first kappa shape index (κ1) is 12.4. The zero-order valence-electron chi connectivity index (χ0n) is 9.11. The van der Waals surface area contributed by atoms with Crippen LogP contribution in [0.2, 0.25) is 0 Å². The van der Waals surface area contributed by atoms with Crippen molar-refractivity contribution in [1.29, 1.82) is 0 Å². The Labute approximate surface area is 94.1 Å². The van der Waals surface area contributed by atoms with Gasteiger partial charge in [0.05, 0.1) is 6.04 Å². The lowest BCUT2D eigenvalue weighted by atomic mass is 10.2. The molecule has 0 saturated carbocycles.